The summed E-state index contributed by atoms with van der Waals surface area (Å²) in [6.07, 6.45) is 3.13. The van der Waals surface area contributed by atoms with E-state index in [0.717, 1.165) is 34.9 Å². The number of carbonyl (C=O) groups excluding carboxylic acids is 1. The number of benzene rings is 2. The van der Waals surface area contributed by atoms with Crippen molar-refractivity contribution in [1.82, 2.24) is 5.32 Å². The van der Waals surface area contributed by atoms with Crippen molar-refractivity contribution in [2.45, 2.75) is 31.2 Å². The number of carbonyl (C=O) groups is 1. The lowest BCUT2D eigenvalue weighted by atomic mass is 9.71. The van der Waals surface area contributed by atoms with Crippen molar-refractivity contribution in [3.8, 4) is 17.2 Å². The first-order valence-electron chi connectivity index (χ1n) is 8.48. The highest BCUT2D eigenvalue weighted by molar-refractivity contribution is 9.10. The number of methoxy groups -OCH3 is 2. The Hall–Kier alpha value is -2.21. The van der Waals surface area contributed by atoms with Gasteiger partial charge in [0.15, 0.2) is 11.5 Å². The Kier molecular flexibility index (Phi) is 5.41. The molecular formula is C20H22BrNO4. The van der Waals surface area contributed by atoms with Crippen LogP contribution >= 0.6 is 15.9 Å². The molecule has 0 bridgehead atoms. The van der Waals surface area contributed by atoms with Crippen LogP contribution in [0.5, 0.6) is 17.2 Å². The van der Waals surface area contributed by atoms with Crippen LogP contribution in [0.3, 0.4) is 0 Å². The normalized spacial score (nSPS) is 15.0. The zero-order valence-electron chi connectivity index (χ0n) is 14.8. The van der Waals surface area contributed by atoms with Crippen molar-refractivity contribution >= 4 is 21.8 Å². The van der Waals surface area contributed by atoms with E-state index in [1.54, 1.807) is 12.1 Å². The number of ether oxygens (including phenoxy) is 2. The van der Waals surface area contributed by atoms with Gasteiger partial charge in [-0.15, -0.1) is 0 Å². The van der Waals surface area contributed by atoms with Crippen LogP contribution in [0, 0.1) is 0 Å². The molecule has 0 saturated heterocycles. The summed E-state index contributed by atoms with van der Waals surface area (Å²) in [6.45, 7) is 0. The maximum absolute atomic E-state index is 12.7. The summed E-state index contributed by atoms with van der Waals surface area (Å²) in [7, 11) is 2.93. The second-order valence-electron chi connectivity index (χ2n) is 6.52. The molecular weight excluding hydrogens is 398 g/mol. The average Bonchev–Trinajstić information content (AvgIpc) is 2.59. The molecule has 2 aromatic carbocycles. The maximum Gasteiger partial charge on any atom is 0.225 e. The van der Waals surface area contributed by atoms with E-state index in [2.05, 4.69) is 33.4 Å². The van der Waals surface area contributed by atoms with Gasteiger partial charge >= 0.3 is 0 Å². The second-order valence-corrected chi connectivity index (χ2v) is 7.44. The van der Waals surface area contributed by atoms with E-state index in [-0.39, 0.29) is 35.1 Å². The molecule has 2 aromatic rings. The average molecular weight is 420 g/mol. The number of hydrogen-bond acceptors (Lipinski definition) is 4. The molecule has 26 heavy (non-hydrogen) atoms. The van der Waals surface area contributed by atoms with Crippen LogP contribution in [-0.2, 0) is 16.8 Å². The molecule has 1 saturated carbocycles. The first-order valence-corrected chi connectivity index (χ1v) is 9.27. The Bertz CT molecular complexity index is 792. The van der Waals surface area contributed by atoms with Gasteiger partial charge in [-0.05, 0) is 54.7 Å². The largest absolute Gasteiger partial charge is 0.502 e. The van der Waals surface area contributed by atoms with E-state index in [1.807, 2.05) is 12.1 Å². The van der Waals surface area contributed by atoms with Gasteiger partial charge in [0.2, 0.25) is 11.7 Å². The molecule has 0 heterocycles. The van der Waals surface area contributed by atoms with Gasteiger partial charge in [-0.25, -0.2) is 0 Å². The van der Waals surface area contributed by atoms with Gasteiger partial charge in [0.05, 0.1) is 26.2 Å². The highest BCUT2D eigenvalue weighted by Crippen LogP contribution is 2.42. The Morgan fingerprint density at radius 3 is 2.35 bits per heavy atom. The highest BCUT2D eigenvalue weighted by Gasteiger charge is 2.40. The molecule has 0 aromatic heterocycles. The van der Waals surface area contributed by atoms with Gasteiger partial charge in [-0.2, -0.15) is 0 Å². The fraction of sp³-hybridized carbons (Fsp3) is 0.350. The fourth-order valence-electron chi connectivity index (χ4n) is 3.35. The Morgan fingerprint density at radius 2 is 1.85 bits per heavy atom. The zero-order valence-corrected chi connectivity index (χ0v) is 16.4. The molecule has 0 spiro atoms. The van der Waals surface area contributed by atoms with Crippen LogP contribution in [0.1, 0.15) is 30.4 Å². The topological polar surface area (TPSA) is 67.8 Å². The van der Waals surface area contributed by atoms with Crippen LogP contribution in [0.4, 0.5) is 0 Å². The van der Waals surface area contributed by atoms with Crippen molar-refractivity contribution in [1.29, 1.82) is 0 Å². The molecule has 1 aliphatic rings. The van der Waals surface area contributed by atoms with Gasteiger partial charge in [0.25, 0.3) is 0 Å². The summed E-state index contributed by atoms with van der Waals surface area (Å²) >= 11 is 3.50. The molecule has 0 aliphatic heterocycles. The summed E-state index contributed by atoms with van der Waals surface area (Å²) in [5, 5.41) is 13.2. The van der Waals surface area contributed by atoms with E-state index in [9.17, 15) is 9.90 Å². The number of phenolic OH excluding ortho intramolecular Hbond substituents is 1. The van der Waals surface area contributed by atoms with Crippen LogP contribution in [0.2, 0.25) is 0 Å². The lowest BCUT2D eigenvalue weighted by Crippen LogP contribution is -2.51. The summed E-state index contributed by atoms with van der Waals surface area (Å²) in [6, 6.07) is 11.4. The minimum atomic E-state index is -0.300. The number of phenols is 1. The van der Waals surface area contributed by atoms with Gasteiger partial charge < -0.3 is 19.9 Å². The van der Waals surface area contributed by atoms with Crippen molar-refractivity contribution < 1.29 is 19.4 Å². The van der Waals surface area contributed by atoms with Crippen LogP contribution in [-0.4, -0.2) is 25.2 Å². The molecule has 6 heteroatoms. The first-order chi connectivity index (χ1) is 12.5. The molecule has 5 nitrogen and oxygen atoms in total. The highest BCUT2D eigenvalue weighted by atomic mass is 79.9. The van der Waals surface area contributed by atoms with Crippen molar-refractivity contribution in [2.75, 3.05) is 14.2 Å². The molecule has 1 aliphatic carbocycles. The molecule has 0 atom stereocenters. The summed E-state index contributed by atoms with van der Waals surface area (Å²) in [5.74, 6) is 0.443. The second kappa shape index (κ2) is 7.58. The van der Waals surface area contributed by atoms with Gasteiger partial charge in [0.1, 0.15) is 0 Å². The van der Waals surface area contributed by atoms with Crippen molar-refractivity contribution in [2.24, 2.45) is 0 Å². The minimum Gasteiger partial charge on any atom is -0.502 e. The third-order valence-corrected chi connectivity index (χ3v) is 5.36. The molecule has 138 valence electrons. The van der Waals surface area contributed by atoms with Crippen molar-refractivity contribution in [3.05, 3.63) is 52.0 Å². The van der Waals surface area contributed by atoms with Crippen LogP contribution in [0.25, 0.3) is 0 Å². The van der Waals surface area contributed by atoms with Gasteiger partial charge in [-0.3, -0.25) is 4.79 Å². The Labute approximate surface area is 161 Å². The van der Waals surface area contributed by atoms with Gasteiger partial charge in [-0.1, -0.05) is 28.1 Å². The molecule has 2 N–H and O–H groups in total. The Morgan fingerprint density at radius 1 is 1.19 bits per heavy atom. The first kappa shape index (κ1) is 18.6. The summed E-state index contributed by atoms with van der Waals surface area (Å²) in [5.41, 5.74) is 1.54. The lowest BCUT2D eigenvalue weighted by molar-refractivity contribution is -0.123. The molecule has 3 rings (SSSR count). The number of nitrogens with one attached hydrogen (secondary N) is 1. The predicted molar refractivity (Wildman–Crippen MR) is 103 cm³/mol. The minimum absolute atomic E-state index is 0.0660. The maximum atomic E-state index is 12.7. The van der Waals surface area contributed by atoms with Crippen molar-refractivity contribution in [3.63, 3.8) is 0 Å². The zero-order chi connectivity index (χ0) is 18.7. The van der Waals surface area contributed by atoms with Gasteiger partial charge in [0, 0.05) is 4.47 Å². The van der Waals surface area contributed by atoms with Crippen LogP contribution < -0.4 is 14.8 Å². The number of amides is 1. The Balaban J connectivity index is 1.78. The van der Waals surface area contributed by atoms with Crippen LogP contribution in [0.15, 0.2) is 40.9 Å². The number of aromatic hydroxyl groups is 1. The van der Waals surface area contributed by atoms with E-state index in [0.29, 0.717) is 0 Å². The number of hydrogen-bond donors (Lipinski definition) is 2. The van der Waals surface area contributed by atoms with E-state index in [1.165, 1.54) is 14.2 Å². The third-order valence-electron chi connectivity index (χ3n) is 4.87. The van der Waals surface area contributed by atoms with E-state index >= 15 is 0 Å². The summed E-state index contributed by atoms with van der Waals surface area (Å²) < 4.78 is 11.3. The number of halogens is 1. The summed E-state index contributed by atoms with van der Waals surface area (Å²) in [4.78, 5) is 12.7. The van der Waals surface area contributed by atoms with E-state index in [4.69, 9.17) is 9.47 Å². The fourth-order valence-corrected chi connectivity index (χ4v) is 3.75. The molecule has 1 amide bonds. The molecule has 0 radical (unpaired) electrons. The quantitative estimate of drug-likeness (QED) is 0.744. The van der Waals surface area contributed by atoms with E-state index < -0.39 is 0 Å². The third kappa shape index (κ3) is 3.65. The molecule has 1 fully saturated rings. The molecule has 0 unspecified atom stereocenters. The monoisotopic (exact) mass is 419 g/mol. The smallest absolute Gasteiger partial charge is 0.225 e. The standard InChI is InChI=1S/C20H22BrNO4/c1-25-16-9-13(10-17(26-2)19(16)24)11-18(23)22-20(7-4-8-20)14-5-3-6-15(21)12-14/h3,5-6,9-10,12,24H,4,7-8,11H2,1-2H3,(H,22,23). The lowest BCUT2D eigenvalue weighted by Gasteiger charge is -2.43. The number of rotatable bonds is 6. The SMILES string of the molecule is COc1cc(CC(=O)NC2(c3cccc(Br)c3)CCC2)cc(OC)c1O. The predicted octanol–water partition coefficient (Wildman–Crippen LogP) is 3.91.